The van der Waals surface area contributed by atoms with Crippen molar-refractivity contribution in [2.75, 3.05) is 38.8 Å². The van der Waals surface area contributed by atoms with E-state index in [-0.39, 0.29) is 0 Å². The molecule has 2 nitrogen and oxygen atoms in total. The number of likely N-dealkylation sites (N-methyl/N-ethyl adjacent to an activating group) is 1. The highest BCUT2D eigenvalue weighted by molar-refractivity contribution is 7.99. The number of nitrogens with zero attached hydrogens (tertiary/aromatic N) is 1. The maximum Gasteiger partial charge on any atom is 0.102 e. The van der Waals surface area contributed by atoms with Crippen LogP contribution in [0.4, 0.5) is 0 Å². The van der Waals surface area contributed by atoms with Gasteiger partial charge < -0.3 is 9.59 Å². The molecule has 0 aliphatic carbocycles. The predicted octanol–water partition coefficient (Wildman–Crippen LogP) is 6.66. The molecule has 1 atom stereocenters. The number of aliphatic hydroxyl groups is 1. The van der Waals surface area contributed by atoms with Gasteiger partial charge in [0, 0.05) is 5.75 Å². The highest BCUT2D eigenvalue weighted by Crippen LogP contribution is 2.16. The van der Waals surface area contributed by atoms with Crippen molar-refractivity contribution >= 4 is 11.8 Å². The van der Waals surface area contributed by atoms with Gasteiger partial charge in [-0.15, -0.1) is 0 Å². The second-order valence-corrected chi connectivity index (χ2v) is 9.90. The third kappa shape index (κ3) is 16.4. The number of thioether (sulfide) groups is 1. The van der Waals surface area contributed by atoms with Crippen LogP contribution in [0.1, 0.15) is 104 Å². The zero-order chi connectivity index (χ0) is 19.5. The second-order valence-electron chi connectivity index (χ2n) is 8.75. The molecule has 0 amide bonds. The van der Waals surface area contributed by atoms with E-state index in [4.69, 9.17) is 5.11 Å². The van der Waals surface area contributed by atoms with E-state index in [1.807, 2.05) is 0 Å². The van der Waals surface area contributed by atoms with Crippen molar-refractivity contribution < 1.29 is 9.59 Å². The van der Waals surface area contributed by atoms with Crippen LogP contribution in [0.5, 0.6) is 0 Å². The van der Waals surface area contributed by atoms with Crippen LogP contribution in [0.15, 0.2) is 0 Å². The van der Waals surface area contributed by atoms with Gasteiger partial charge in [-0.1, -0.05) is 90.4 Å². The van der Waals surface area contributed by atoms with E-state index in [0.29, 0.717) is 12.6 Å². The van der Waals surface area contributed by atoms with Gasteiger partial charge in [0.15, 0.2) is 0 Å². The molecule has 0 aromatic heterocycles. The van der Waals surface area contributed by atoms with Crippen LogP contribution in [-0.4, -0.2) is 54.4 Å². The smallest absolute Gasteiger partial charge is 0.102 e. The average Bonchev–Trinajstić information content (AvgIpc) is 2.61. The maximum absolute atomic E-state index is 9.14. The summed E-state index contributed by atoms with van der Waals surface area (Å²) in [6.45, 7) is 5.76. The summed E-state index contributed by atoms with van der Waals surface area (Å²) in [4.78, 5) is 0. The zero-order valence-electron chi connectivity index (χ0n) is 18.6. The molecule has 0 saturated carbocycles. The predicted molar refractivity (Wildman–Crippen MR) is 121 cm³/mol. The molecule has 3 heteroatoms. The molecule has 0 aromatic rings. The molecule has 158 valence electrons. The topological polar surface area (TPSA) is 20.2 Å². The van der Waals surface area contributed by atoms with Gasteiger partial charge >= 0.3 is 0 Å². The van der Waals surface area contributed by atoms with Gasteiger partial charge in [-0.3, -0.25) is 0 Å². The first-order valence-corrected chi connectivity index (χ1v) is 12.7. The van der Waals surface area contributed by atoms with Crippen molar-refractivity contribution in [3.63, 3.8) is 0 Å². The van der Waals surface area contributed by atoms with Crippen LogP contribution >= 0.6 is 11.8 Å². The number of hydrogen-bond acceptors (Lipinski definition) is 2. The van der Waals surface area contributed by atoms with E-state index < -0.39 is 0 Å². The summed E-state index contributed by atoms with van der Waals surface area (Å²) in [5.41, 5.74) is 0. The first-order chi connectivity index (χ1) is 12.5. The van der Waals surface area contributed by atoms with Crippen molar-refractivity contribution in [1.82, 2.24) is 0 Å². The minimum Gasteiger partial charge on any atom is -0.391 e. The Kier molecular flexibility index (Phi) is 18.8. The van der Waals surface area contributed by atoms with E-state index in [9.17, 15) is 0 Å². The van der Waals surface area contributed by atoms with Gasteiger partial charge in [0.25, 0.3) is 0 Å². The summed E-state index contributed by atoms with van der Waals surface area (Å²) in [5, 5.41) is 9.14. The summed E-state index contributed by atoms with van der Waals surface area (Å²) in [6.07, 6.45) is 20.1. The minimum atomic E-state index is 0.293. The Morgan fingerprint density at radius 1 is 0.731 bits per heavy atom. The maximum atomic E-state index is 9.14. The Hall–Kier alpha value is 0.270. The highest BCUT2D eigenvalue weighted by Gasteiger charge is 2.22. The minimum absolute atomic E-state index is 0.293. The first-order valence-electron chi connectivity index (χ1n) is 11.6. The molecular weight excluding hydrogens is 338 g/mol. The van der Waals surface area contributed by atoms with Crippen LogP contribution in [0, 0.1) is 0 Å². The number of rotatable bonds is 20. The largest absolute Gasteiger partial charge is 0.391 e. The lowest BCUT2D eigenvalue weighted by atomic mass is 10.0. The molecule has 0 bridgehead atoms. The summed E-state index contributed by atoms with van der Waals surface area (Å²) in [6, 6.07) is 0.624. The van der Waals surface area contributed by atoms with Crippen molar-refractivity contribution in [3.8, 4) is 0 Å². The third-order valence-corrected chi connectivity index (χ3v) is 7.17. The molecule has 0 aliphatic rings. The number of quaternary nitrogens is 1. The molecule has 1 N–H and O–H groups in total. The lowest BCUT2D eigenvalue weighted by molar-refractivity contribution is -0.910. The van der Waals surface area contributed by atoms with Gasteiger partial charge in [0.1, 0.15) is 6.54 Å². The van der Waals surface area contributed by atoms with Crippen LogP contribution in [0.2, 0.25) is 0 Å². The summed E-state index contributed by atoms with van der Waals surface area (Å²) < 4.78 is 0.933. The van der Waals surface area contributed by atoms with E-state index in [1.165, 1.54) is 101 Å². The standard InChI is InChI=1S/C23H50NOS/c1-5-6-7-8-9-10-11-12-13-14-15-16-17-18-21-26-22-23(2)24(3,4)19-20-25/h23,25H,5-22H2,1-4H3/q+1. The second kappa shape index (κ2) is 18.6. The summed E-state index contributed by atoms with van der Waals surface area (Å²) in [7, 11) is 4.46. The molecule has 0 aromatic carbocycles. The highest BCUT2D eigenvalue weighted by atomic mass is 32.2. The Labute approximate surface area is 170 Å². The Morgan fingerprint density at radius 3 is 1.58 bits per heavy atom. The van der Waals surface area contributed by atoms with E-state index >= 15 is 0 Å². The van der Waals surface area contributed by atoms with Gasteiger partial charge in [-0.2, -0.15) is 11.8 Å². The molecule has 26 heavy (non-hydrogen) atoms. The van der Waals surface area contributed by atoms with E-state index in [2.05, 4.69) is 39.7 Å². The van der Waals surface area contributed by atoms with Gasteiger partial charge in [0.05, 0.1) is 26.7 Å². The van der Waals surface area contributed by atoms with Crippen LogP contribution in [0.25, 0.3) is 0 Å². The Morgan fingerprint density at radius 2 is 1.15 bits per heavy atom. The van der Waals surface area contributed by atoms with E-state index in [0.717, 1.165) is 11.0 Å². The molecule has 0 fully saturated rings. The lowest BCUT2D eigenvalue weighted by Gasteiger charge is -2.35. The Bertz CT molecular complexity index is 283. The first kappa shape index (κ1) is 26.3. The fourth-order valence-corrected chi connectivity index (χ4v) is 4.65. The van der Waals surface area contributed by atoms with E-state index in [1.54, 1.807) is 0 Å². The van der Waals surface area contributed by atoms with Crippen molar-refractivity contribution in [2.45, 2.75) is 110 Å². The van der Waals surface area contributed by atoms with Crippen molar-refractivity contribution in [2.24, 2.45) is 0 Å². The normalized spacial score (nSPS) is 13.3. The molecule has 0 spiro atoms. The monoisotopic (exact) mass is 388 g/mol. The molecule has 0 saturated heterocycles. The lowest BCUT2D eigenvalue weighted by Crippen LogP contribution is -2.50. The van der Waals surface area contributed by atoms with Gasteiger partial charge in [-0.05, 0) is 19.1 Å². The number of hydrogen-bond donors (Lipinski definition) is 1. The van der Waals surface area contributed by atoms with Crippen LogP contribution in [0.3, 0.4) is 0 Å². The van der Waals surface area contributed by atoms with Crippen LogP contribution < -0.4 is 0 Å². The molecular formula is C23H50NOS+. The third-order valence-electron chi connectivity index (χ3n) is 5.87. The van der Waals surface area contributed by atoms with Gasteiger partial charge in [0.2, 0.25) is 0 Å². The average molecular weight is 389 g/mol. The number of aliphatic hydroxyl groups excluding tert-OH is 1. The Balaban J connectivity index is 3.22. The molecule has 0 rings (SSSR count). The quantitative estimate of drug-likeness (QED) is 0.186. The SMILES string of the molecule is CCCCCCCCCCCCCCCCSCC(C)[N+](C)(C)CCO. The fourth-order valence-electron chi connectivity index (χ4n) is 3.33. The summed E-state index contributed by atoms with van der Waals surface area (Å²) in [5.74, 6) is 2.52. The van der Waals surface area contributed by atoms with Crippen LogP contribution in [-0.2, 0) is 0 Å². The fraction of sp³-hybridized carbons (Fsp3) is 1.00. The van der Waals surface area contributed by atoms with Crippen molar-refractivity contribution in [3.05, 3.63) is 0 Å². The molecule has 0 heterocycles. The summed E-state index contributed by atoms with van der Waals surface area (Å²) >= 11 is 2.10. The zero-order valence-corrected chi connectivity index (χ0v) is 19.4. The van der Waals surface area contributed by atoms with Gasteiger partial charge in [-0.25, -0.2) is 0 Å². The molecule has 1 unspecified atom stereocenters. The number of unbranched alkanes of at least 4 members (excludes halogenated alkanes) is 13. The van der Waals surface area contributed by atoms with Crippen molar-refractivity contribution in [1.29, 1.82) is 0 Å². The molecule has 0 radical (unpaired) electrons. The molecule has 0 aliphatic heterocycles.